The number of nitrogens with two attached hydrogens (primary N) is 1. The summed E-state index contributed by atoms with van der Waals surface area (Å²) in [6, 6.07) is 9.70. The molecule has 0 saturated heterocycles. The molecule has 3 aromatic rings. The summed E-state index contributed by atoms with van der Waals surface area (Å²) in [4.78, 5) is 33.8. The fourth-order valence-corrected chi connectivity index (χ4v) is 3.18. The van der Waals surface area contributed by atoms with E-state index in [-0.39, 0.29) is 16.8 Å². The minimum Gasteiger partial charge on any atom is -0.479 e. The molecule has 2 aromatic heterocycles. The Morgan fingerprint density at radius 2 is 2.00 bits per heavy atom. The standard InChI is InChI=1S/C20H18N3O5/c1-2-13-15(8-12-6-4-3-5-7-12)23-19(18(13)21)20(28-11-17(26)27)14(9-22-23)16(25)10-24/h3-7,9H,2,8,11,21H2,1H3,(H,26,27). The lowest BCUT2D eigenvalue weighted by Crippen LogP contribution is -2.15. The number of carboxylic acids is 1. The Morgan fingerprint density at radius 3 is 2.61 bits per heavy atom. The van der Waals surface area contributed by atoms with Crippen molar-refractivity contribution in [2.24, 2.45) is 0 Å². The molecule has 0 aliphatic heterocycles. The molecule has 2 heterocycles. The predicted molar refractivity (Wildman–Crippen MR) is 101 cm³/mol. The van der Waals surface area contributed by atoms with Gasteiger partial charge in [-0.15, -0.1) is 0 Å². The van der Waals surface area contributed by atoms with Crippen LogP contribution in [0, 0.1) is 0 Å². The van der Waals surface area contributed by atoms with Crippen LogP contribution in [0.3, 0.4) is 0 Å². The Bertz CT molecular complexity index is 1060. The van der Waals surface area contributed by atoms with Crippen molar-refractivity contribution in [1.82, 2.24) is 9.61 Å². The van der Waals surface area contributed by atoms with Crippen molar-refractivity contribution in [2.75, 3.05) is 12.3 Å². The summed E-state index contributed by atoms with van der Waals surface area (Å²) in [6.07, 6.45) is 3.56. The lowest BCUT2D eigenvalue weighted by Gasteiger charge is -2.11. The van der Waals surface area contributed by atoms with E-state index < -0.39 is 18.4 Å². The van der Waals surface area contributed by atoms with E-state index in [1.54, 1.807) is 4.52 Å². The fourth-order valence-electron chi connectivity index (χ4n) is 3.18. The average Bonchev–Trinajstić information content (AvgIpc) is 2.97. The zero-order valence-electron chi connectivity index (χ0n) is 15.1. The molecule has 0 unspecified atom stereocenters. The second kappa shape index (κ2) is 7.91. The molecule has 3 N–H and O–H groups in total. The van der Waals surface area contributed by atoms with Gasteiger partial charge in [-0.3, -0.25) is 9.59 Å². The molecular formula is C20H18N3O5. The van der Waals surface area contributed by atoms with Gasteiger partial charge in [-0.05, 0) is 17.5 Å². The lowest BCUT2D eigenvalue weighted by atomic mass is 10.0. The highest BCUT2D eigenvalue weighted by molar-refractivity contribution is 6.34. The van der Waals surface area contributed by atoms with Gasteiger partial charge in [0, 0.05) is 6.42 Å². The maximum atomic E-state index is 11.9. The zero-order valence-corrected chi connectivity index (χ0v) is 15.1. The molecule has 3 rings (SSSR count). The van der Waals surface area contributed by atoms with Gasteiger partial charge in [-0.2, -0.15) is 5.10 Å². The summed E-state index contributed by atoms with van der Waals surface area (Å²) >= 11 is 0. The Balaban J connectivity index is 2.25. The molecule has 0 fully saturated rings. The van der Waals surface area contributed by atoms with Crippen molar-refractivity contribution in [3.8, 4) is 5.75 Å². The summed E-state index contributed by atoms with van der Waals surface area (Å²) < 4.78 is 6.88. The quantitative estimate of drug-likeness (QED) is 0.451. The average molecular weight is 380 g/mol. The van der Waals surface area contributed by atoms with Crippen molar-refractivity contribution >= 4 is 29.2 Å². The number of carbonyl (C=O) groups excluding carboxylic acids is 2. The van der Waals surface area contributed by atoms with E-state index in [4.69, 9.17) is 15.6 Å². The Kier molecular flexibility index (Phi) is 5.39. The second-order valence-electron chi connectivity index (χ2n) is 6.12. The molecule has 0 atom stereocenters. The summed E-state index contributed by atoms with van der Waals surface area (Å²) in [7, 11) is 0. The van der Waals surface area contributed by atoms with Gasteiger partial charge in [0.1, 0.15) is 5.52 Å². The number of carbonyl (C=O) groups is 2. The third-order valence-electron chi connectivity index (χ3n) is 4.40. The van der Waals surface area contributed by atoms with Gasteiger partial charge in [0.15, 0.2) is 12.4 Å². The molecule has 0 saturated carbocycles. The zero-order chi connectivity index (χ0) is 20.3. The lowest BCUT2D eigenvalue weighted by molar-refractivity contribution is -0.139. The number of nitrogen functional groups attached to an aromatic ring is 1. The van der Waals surface area contributed by atoms with Gasteiger partial charge in [0.2, 0.25) is 5.78 Å². The number of anilines is 1. The van der Waals surface area contributed by atoms with E-state index in [1.165, 1.54) is 12.5 Å². The Labute approximate surface area is 160 Å². The molecule has 1 aromatic carbocycles. The van der Waals surface area contributed by atoms with E-state index in [2.05, 4.69) is 5.10 Å². The van der Waals surface area contributed by atoms with Crippen LogP contribution in [0.4, 0.5) is 5.69 Å². The molecule has 0 bridgehead atoms. The van der Waals surface area contributed by atoms with E-state index in [0.29, 0.717) is 18.5 Å². The van der Waals surface area contributed by atoms with Crippen molar-refractivity contribution in [3.63, 3.8) is 0 Å². The van der Waals surface area contributed by atoms with Gasteiger partial charge >= 0.3 is 5.97 Å². The van der Waals surface area contributed by atoms with Crippen LogP contribution in [-0.4, -0.2) is 39.4 Å². The van der Waals surface area contributed by atoms with E-state index in [9.17, 15) is 14.4 Å². The molecule has 0 aliphatic carbocycles. The smallest absolute Gasteiger partial charge is 0.341 e. The molecule has 0 amide bonds. The third kappa shape index (κ3) is 3.44. The molecular weight excluding hydrogens is 362 g/mol. The number of nitrogens with zero attached hydrogens (tertiary/aromatic N) is 2. The molecule has 8 nitrogen and oxygen atoms in total. The van der Waals surface area contributed by atoms with Crippen molar-refractivity contribution in [2.45, 2.75) is 19.8 Å². The maximum absolute atomic E-state index is 11.9. The van der Waals surface area contributed by atoms with Gasteiger partial charge < -0.3 is 15.6 Å². The van der Waals surface area contributed by atoms with Crippen molar-refractivity contribution in [3.05, 3.63) is 58.9 Å². The highest BCUT2D eigenvalue weighted by Crippen LogP contribution is 2.36. The molecule has 1 radical (unpaired) electrons. The number of ether oxygens (including phenoxy) is 1. The fraction of sp³-hybridized carbons (Fsp3) is 0.200. The number of fused-ring (bicyclic) bond motifs is 1. The molecule has 143 valence electrons. The normalized spacial score (nSPS) is 10.8. The number of aliphatic carboxylic acids is 1. The number of aromatic nitrogens is 2. The van der Waals surface area contributed by atoms with Crippen LogP contribution >= 0.6 is 0 Å². The molecule has 8 heteroatoms. The number of Topliss-reactive ketones (excluding diaryl/α,β-unsaturated/α-hetero) is 1. The van der Waals surface area contributed by atoms with Gasteiger partial charge in [-0.1, -0.05) is 37.3 Å². The van der Waals surface area contributed by atoms with Gasteiger partial charge in [0.05, 0.1) is 23.1 Å². The molecule has 0 aliphatic rings. The Morgan fingerprint density at radius 1 is 1.29 bits per heavy atom. The second-order valence-corrected chi connectivity index (χ2v) is 6.12. The number of ketones is 1. The first-order valence-corrected chi connectivity index (χ1v) is 8.59. The topological polar surface area (TPSA) is 124 Å². The van der Waals surface area contributed by atoms with Crippen molar-refractivity contribution < 1.29 is 24.2 Å². The Hall–Kier alpha value is -3.68. The van der Waals surface area contributed by atoms with Crippen molar-refractivity contribution in [1.29, 1.82) is 0 Å². The van der Waals surface area contributed by atoms with Crippen LogP contribution in [0.1, 0.15) is 34.1 Å². The summed E-state index contributed by atoms with van der Waals surface area (Å²) in [5.74, 6) is -2.30. The summed E-state index contributed by atoms with van der Waals surface area (Å²) in [5.41, 5.74) is 9.40. The largest absolute Gasteiger partial charge is 0.479 e. The van der Waals surface area contributed by atoms with Crippen LogP contribution in [0.15, 0.2) is 36.5 Å². The van der Waals surface area contributed by atoms with Gasteiger partial charge in [0.25, 0.3) is 6.29 Å². The maximum Gasteiger partial charge on any atom is 0.341 e. The minimum absolute atomic E-state index is 0.0859. The van der Waals surface area contributed by atoms with Gasteiger partial charge in [-0.25, -0.2) is 9.31 Å². The highest BCUT2D eigenvalue weighted by Gasteiger charge is 2.25. The van der Waals surface area contributed by atoms with Crippen LogP contribution in [0.2, 0.25) is 0 Å². The SMILES string of the molecule is CCc1c(N)c2c(OCC(=O)O)c(C(=O)[C]=O)cnn2c1Cc1ccccc1. The highest BCUT2D eigenvalue weighted by atomic mass is 16.5. The monoisotopic (exact) mass is 380 g/mol. The van der Waals surface area contributed by atoms with Crippen LogP contribution in [0.5, 0.6) is 5.75 Å². The van der Waals surface area contributed by atoms with E-state index in [0.717, 1.165) is 16.8 Å². The number of hydrogen-bond acceptors (Lipinski definition) is 6. The van der Waals surface area contributed by atoms with Crippen LogP contribution in [0.25, 0.3) is 5.52 Å². The van der Waals surface area contributed by atoms with E-state index >= 15 is 0 Å². The third-order valence-corrected chi connectivity index (χ3v) is 4.40. The van der Waals surface area contributed by atoms with Crippen LogP contribution < -0.4 is 10.5 Å². The van der Waals surface area contributed by atoms with E-state index in [1.807, 2.05) is 37.3 Å². The number of hydrogen-bond donors (Lipinski definition) is 2. The minimum atomic E-state index is -1.23. The first-order chi connectivity index (χ1) is 13.5. The number of benzene rings is 1. The first kappa shape index (κ1) is 19.1. The molecule has 0 spiro atoms. The molecule has 28 heavy (non-hydrogen) atoms. The first-order valence-electron chi connectivity index (χ1n) is 8.59. The number of rotatable bonds is 8. The number of carboxylic acid groups (broad SMARTS) is 1. The van der Waals surface area contributed by atoms with Crippen LogP contribution in [-0.2, 0) is 22.4 Å². The summed E-state index contributed by atoms with van der Waals surface area (Å²) in [6.45, 7) is 1.24. The predicted octanol–water partition coefficient (Wildman–Crippen LogP) is 1.83. The summed E-state index contributed by atoms with van der Waals surface area (Å²) in [5, 5.41) is 13.2.